The fourth-order valence-corrected chi connectivity index (χ4v) is 0.637. The Labute approximate surface area is 79.5 Å². The van der Waals surface area contributed by atoms with E-state index < -0.39 is 0 Å². The first kappa shape index (κ1) is 11.5. The maximum Gasteiger partial charge on any atom is 0.185 e. The molecule has 4 N–H and O–H groups in total. The minimum Gasteiger partial charge on any atom is -0.370 e. The van der Waals surface area contributed by atoms with E-state index in [1.165, 1.54) is 18.2 Å². The first-order valence-corrected chi connectivity index (χ1v) is 4.07. The fraction of sp³-hybridized carbons (Fsp3) is 0.300. The summed E-state index contributed by atoms with van der Waals surface area (Å²) in [5.41, 5.74) is 12.3. The number of nitrogens with two attached hydrogens (primary N) is 2. The van der Waals surface area contributed by atoms with E-state index in [2.05, 4.69) is 43.1 Å². The van der Waals surface area contributed by atoms with Gasteiger partial charge in [0.2, 0.25) is 0 Å². The lowest BCUT2D eigenvalue weighted by Crippen LogP contribution is -2.21. The number of aryl methyl sites for hydroxylation is 2. The van der Waals surface area contributed by atoms with Crippen LogP contribution in [-0.4, -0.2) is 13.0 Å². The second-order valence-corrected chi connectivity index (χ2v) is 2.80. The molecule has 0 atom stereocenters. The molecule has 72 valence electrons. The van der Waals surface area contributed by atoms with Crippen LogP contribution in [-0.2, 0) is 0 Å². The molecule has 0 saturated carbocycles. The van der Waals surface area contributed by atoms with Crippen LogP contribution in [0.15, 0.2) is 29.3 Å². The molecule has 3 heteroatoms. The summed E-state index contributed by atoms with van der Waals surface area (Å²) in [6.07, 6.45) is 0. The molecular formula is C10H17N3. The van der Waals surface area contributed by atoms with E-state index in [1.807, 2.05) is 0 Å². The second kappa shape index (κ2) is 6.06. The van der Waals surface area contributed by atoms with Gasteiger partial charge in [-0.25, -0.2) is 0 Å². The van der Waals surface area contributed by atoms with Gasteiger partial charge in [0, 0.05) is 7.05 Å². The smallest absolute Gasteiger partial charge is 0.185 e. The summed E-state index contributed by atoms with van der Waals surface area (Å²) in [7, 11) is 1.54. The lowest BCUT2D eigenvalue weighted by molar-refractivity contribution is 1.36. The third kappa shape index (κ3) is 6.87. The lowest BCUT2D eigenvalue weighted by atomic mass is 10.2. The van der Waals surface area contributed by atoms with Gasteiger partial charge >= 0.3 is 0 Å². The SMILES string of the molecule is CN=C(N)N.Cc1ccc(C)cc1. The molecule has 1 aromatic carbocycles. The van der Waals surface area contributed by atoms with Gasteiger partial charge in [-0.3, -0.25) is 4.99 Å². The molecule has 0 aromatic heterocycles. The molecule has 0 saturated heterocycles. The van der Waals surface area contributed by atoms with Crippen LogP contribution >= 0.6 is 0 Å². The van der Waals surface area contributed by atoms with Crippen molar-refractivity contribution in [2.45, 2.75) is 13.8 Å². The average molecular weight is 179 g/mol. The third-order valence-electron chi connectivity index (χ3n) is 1.48. The number of aliphatic imine (C=N–C) groups is 1. The highest BCUT2D eigenvalue weighted by atomic mass is 15.0. The average Bonchev–Trinajstić information content (AvgIpc) is 2.11. The molecule has 0 aliphatic rings. The van der Waals surface area contributed by atoms with Crippen molar-refractivity contribution in [3.63, 3.8) is 0 Å². The standard InChI is InChI=1S/C8H10.C2H7N3/c1-7-3-5-8(2)6-4-7;1-5-2(3)4/h3-6H,1-2H3;1H3,(H4,3,4,5). The Morgan fingerprint density at radius 3 is 1.38 bits per heavy atom. The van der Waals surface area contributed by atoms with E-state index in [0.29, 0.717) is 0 Å². The van der Waals surface area contributed by atoms with Gasteiger partial charge in [-0.2, -0.15) is 0 Å². The maximum atomic E-state index is 4.82. The topological polar surface area (TPSA) is 64.4 Å². The van der Waals surface area contributed by atoms with E-state index in [-0.39, 0.29) is 5.96 Å². The molecule has 0 aliphatic heterocycles. The molecule has 1 aromatic rings. The molecular weight excluding hydrogens is 162 g/mol. The number of benzene rings is 1. The number of hydrogen-bond acceptors (Lipinski definition) is 1. The first-order chi connectivity index (χ1) is 6.06. The summed E-state index contributed by atoms with van der Waals surface area (Å²) >= 11 is 0. The number of rotatable bonds is 0. The molecule has 0 fully saturated rings. The maximum absolute atomic E-state index is 4.82. The van der Waals surface area contributed by atoms with Crippen LogP contribution in [0.3, 0.4) is 0 Å². The minimum atomic E-state index is 0.130. The van der Waals surface area contributed by atoms with E-state index in [4.69, 9.17) is 11.5 Å². The van der Waals surface area contributed by atoms with Crippen molar-refractivity contribution < 1.29 is 0 Å². The molecule has 13 heavy (non-hydrogen) atoms. The van der Waals surface area contributed by atoms with Crippen LogP contribution in [0.5, 0.6) is 0 Å². The highest BCUT2D eigenvalue weighted by Gasteiger charge is 1.79. The van der Waals surface area contributed by atoms with Crippen molar-refractivity contribution in [2.75, 3.05) is 7.05 Å². The number of nitrogens with zero attached hydrogens (tertiary/aromatic N) is 1. The Morgan fingerprint density at radius 2 is 1.23 bits per heavy atom. The van der Waals surface area contributed by atoms with Gasteiger partial charge in [-0.05, 0) is 13.8 Å². The summed E-state index contributed by atoms with van der Waals surface area (Å²) in [6, 6.07) is 8.48. The van der Waals surface area contributed by atoms with E-state index in [0.717, 1.165) is 0 Å². The first-order valence-electron chi connectivity index (χ1n) is 4.07. The summed E-state index contributed by atoms with van der Waals surface area (Å²) in [5.74, 6) is 0.130. The van der Waals surface area contributed by atoms with Gasteiger partial charge in [-0.15, -0.1) is 0 Å². The molecule has 0 heterocycles. The van der Waals surface area contributed by atoms with Crippen LogP contribution < -0.4 is 11.5 Å². The molecule has 0 aliphatic carbocycles. The van der Waals surface area contributed by atoms with Gasteiger partial charge < -0.3 is 11.5 Å². The Bertz CT molecular complexity index is 237. The van der Waals surface area contributed by atoms with Crippen LogP contribution in [0, 0.1) is 13.8 Å². The predicted octanol–water partition coefficient (Wildman–Crippen LogP) is 1.19. The van der Waals surface area contributed by atoms with Gasteiger partial charge in [0.25, 0.3) is 0 Å². The van der Waals surface area contributed by atoms with Crippen LogP contribution in [0.25, 0.3) is 0 Å². The molecule has 0 unspecified atom stereocenters. The van der Waals surface area contributed by atoms with Gasteiger partial charge in [-0.1, -0.05) is 35.4 Å². The zero-order chi connectivity index (χ0) is 10.3. The normalized spacial score (nSPS) is 8.23. The summed E-state index contributed by atoms with van der Waals surface area (Å²) in [6.45, 7) is 4.19. The summed E-state index contributed by atoms with van der Waals surface area (Å²) in [5, 5.41) is 0. The van der Waals surface area contributed by atoms with Crippen LogP contribution in [0.2, 0.25) is 0 Å². The minimum absolute atomic E-state index is 0.130. The Kier molecular flexibility index (Phi) is 5.35. The molecule has 3 nitrogen and oxygen atoms in total. The molecule has 1 rings (SSSR count). The lowest BCUT2D eigenvalue weighted by Gasteiger charge is -1.90. The second-order valence-electron chi connectivity index (χ2n) is 2.80. The molecule has 0 bridgehead atoms. The van der Waals surface area contributed by atoms with Crippen LogP contribution in [0.1, 0.15) is 11.1 Å². The number of guanidine groups is 1. The largest absolute Gasteiger partial charge is 0.370 e. The fourth-order valence-electron chi connectivity index (χ4n) is 0.637. The third-order valence-corrected chi connectivity index (χ3v) is 1.48. The van der Waals surface area contributed by atoms with Crippen molar-refractivity contribution in [2.24, 2.45) is 16.5 Å². The quantitative estimate of drug-likeness (QED) is 0.464. The van der Waals surface area contributed by atoms with E-state index in [9.17, 15) is 0 Å². The Morgan fingerprint density at radius 1 is 1.00 bits per heavy atom. The van der Waals surface area contributed by atoms with E-state index >= 15 is 0 Å². The molecule has 0 spiro atoms. The van der Waals surface area contributed by atoms with Crippen LogP contribution in [0.4, 0.5) is 0 Å². The highest BCUT2D eigenvalue weighted by Crippen LogP contribution is 1.99. The zero-order valence-corrected chi connectivity index (χ0v) is 8.41. The highest BCUT2D eigenvalue weighted by molar-refractivity contribution is 5.75. The molecule has 0 radical (unpaired) electrons. The molecule has 0 amide bonds. The van der Waals surface area contributed by atoms with Crippen molar-refractivity contribution in [3.8, 4) is 0 Å². The Balaban J connectivity index is 0.000000252. The summed E-state index contributed by atoms with van der Waals surface area (Å²) < 4.78 is 0. The zero-order valence-electron chi connectivity index (χ0n) is 8.41. The van der Waals surface area contributed by atoms with E-state index in [1.54, 1.807) is 0 Å². The monoisotopic (exact) mass is 179 g/mol. The van der Waals surface area contributed by atoms with Gasteiger partial charge in [0.15, 0.2) is 5.96 Å². The van der Waals surface area contributed by atoms with Crippen molar-refractivity contribution in [1.82, 2.24) is 0 Å². The summed E-state index contributed by atoms with van der Waals surface area (Å²) in [4.78, 5) is 3.36. The van der Waals surface area contributed by atoms with Gasteiger partial charge in [0.05, 0.1) is 0 Å². The van der Waals surface area contributed by atoms with Crippen molar-refractivity contribution in [3.05, 3.63) is 35.4 Å². The number of hydrogen-bond donors (Lipinski definition) is 2. The van der Waals surface area contributed by atoms with Crippen molar-refractivity contribution >= 4 is 5.96 Å². The Hall–Kier alpha value is -1.51. The predicted molar refractivity (Wildman–Crippen MR) is 57.6 cm³/mol. The van der Waals surface area contributed by atoms with Gasteiger partial charge in [0.1, 0.15) is 0 Å². The van der Waals surface area contributed by atoms with Crippen molar-refractivity contribution in [1.29, 1.82) is 0 Å².